The maximum atomic E-state index is 15.3. The van der Waals surface area contributed by atoms with E-state index in [-0.39, 0.29) is 35.8 Å². The lowest BCUT2D eigenvalue weighted by Gasteiger charge is -2.17. The number of ether oxygens (including phenoxy) is 1. The second kappa shape index (κ2) is 11.3. The van der Waals surface area contributed by atoms with Crippen molar-refractivity contribution in [2.75, 3.05) is 16.8 Å². The van der Waals surface area contributed by atoms with E-state index in [1.165, 1.54) is 50.5 Å². The first-order valence-corrected chi connectivity index (χ1v) is 13.8. The minimum absolute atomic E-state index is 0.00990. The number of Topliss-reactive ketones (excluding diaryl/α,β-unsaturated/α-hetero) is 1. The molecule has 1 aliphatic heterocycles. The number of hydrogen-bond donors (Lipinski definition) is 1. The van der Waals surface area contributed by atoms with Crippen molar-refractivity contribution < 1.29 is 27.9 Å². The predicted molar refractivity (Wildman–Crippen MR) is 158 cm³/mol. The summed E-state index contributed by atoms with van der Waals surface area (Å²) in [5, 5.41) is 6.63. The molecule has 1 saturated heterocycles. The average molecular weight is 615 g/mol. The van der Waals surface area contributed by atoms with Crippen LogP contribution >= 0.6 is 0 Å². The lowest BCUT2D eigenvalue weighted by Crippen LogP contribution is -2.42. The highest BCUT2D eigenvalue weighted by atomic mass is 19.1. The summed E-state index contributed by atoms with van der Waals surface area (Å²) in [7, 11) is 0. The molecule has 4 heterocycles. The Morgan fingerprint density at radius 1 is 0.933 bits per heavy atom. The van der Waals surface area contributed by atoms with Crippen molar-refractivity contribution in [3.05, 3.63) is 111 Å². The van der Waals surface area contributed by atoms with Crippen molar-refractivity contribution in [2.45, 2.75) is 26.3 Å². The smallest absolute Gasteiger partial charge is 0.335 e. The van der Waals surface area contributed by atoms with Gasteiger partial charge in [0.1, 0.15) is 16.9 Å². The molecule has 2 aromatic carbocycles. The van der Waals surface area contributed by atoms with Gasteiger partial charge in [-0.2, -0.15) is 5.10 Å². The van der Waals surface area contributed by atoms with Gasteiger partial charge in [-0.1, -0.05) is 0 Å². The number of halogens is 2. The fourth-order valence-corrected chi connectivity index (χ4v) is 4.93. The number of nitrogens with one attached hydrogen (secondary N) is 1. The number of carbonyl (C=O) groups is 3. The molecule has 0 spiro atoms. The maximum absolute atomic E-state index is 15.3. The maximum Gasteiger partial charge on any atom is 0.335 e. The normalized spacial score (nSPS) is 13.2. The summed E-state index contributed by atoms with van der Waals surface area (Å²) >= 11 is 0. The Morgan fingerprint density at radius 3 is 2.36 bits per heavy atom. The van der Waals surface area contributed by atoms with Gasteiger partial charge in [-0.25, -0.2) is 22.7 Å². The van der Waals surface area contributed by atoms with E-state index in [4.69, 9.17) is 4.74 Å². The molecule has 6 rings (SSSR count). The van der Waals surface area contributed by atoms with Crippen molar-refractivity contribution in [3.8, 4) is 17.2 Å². The number of rotatable bonds is 7. The summed E-state index contributed by atoms with van der Waals surface area (Å²) in [6.45, 7) is 3.57. The van der Waals surface area contributed by atoms with Crippen LogP contribution in [0.5, 0.6) is 11.5 Å². The highest BCUT2D eigenvalue weighted by Gasteiger charge is 2.31. The highest BCUT2D eigenvalue weighted by Crippen LogP contribution is 2.33. The first-order chi connectivity index (χ1) is 21.5. The number of pyridine rings is 1. The van der Waals surface area contributed by atoms with Crippen molar-refractivity contribution >= 4 is 34.5 Å². The number of benzene rings is 2. The van der Waals surface area contributed by atoms with Gasteiger partial charge >= 0.3 is 5.69 Å². The molecule has 1 aliphatic rings. The fourth-order valence-electron chi connectivity index (χ4n) is 4.93. The van der Waals surface area contributed by atoms with Gasteiger partial charge in [-0.05, 0) is 56.3 Å². The van der Waals surface area contributed by atoms with Crippen molar-refractivity contribution in [2.24, 2.45) is 0 Å². The molecule has 14 heteroatoms. The molecule has 3 aromatic heterocycles. The molecule has 1 N–H and O–H groups in total. The third-order valence-corrected chi connectivity index (χ3v) is 7.22. The predicted octanol–water partition coefficient (Wildman–Crippen LogP) is 3.86. The molecular weight excluding hydrogens is 590 g/mol. The van der Waals surface area contributed by atoms with Crippen molar-refractivity contribution in [1.29, 1.82) is 0 Å². The largest absolute Gasteiger partial charge is 0.452 e. The van der Waals surface area contributed by atoms with E-state index < -0.39 is 52.1 Å². The number of ketones is 1. The van der Waals surface area contributed by atoms with Crippen LogP contribution in [0.4, 0.5) is 20.2 Å². The van der Waals surface area contributed by atoms with Gasteiger partial charge in [0.15, 0.2) is 17.3 Å². The van der Waals surface area contributed by atoms with Crippen LogP contribution in [0.1, 0.15) is 36.7 Å². The van der Waals surface area contributed by atoms with E-state index in [9.17, 15) is 28.4 Å². The SMILES string of the molecule is CC(C)n1cc(C(=O)Nc2ccc(Oc3cc(N4CCC(=O)C4=O)cn4nccc34)c(F)c2)c(=O)n(-c2ccc(F)cc2)c1=O. The molecule has 0 bridgehead atoms. The van der Waals surface area contributed by atoms with E-state index in [1.54, 1.807) is 26.1 Å². The average Bonchev–Trinajstić information content (AvgIpc) is 3.61. The van der Waals surface area contributed by atoms with E-state index in [2.05, 4.69) is 10.4 Å². The first-order valence-electron chi connectivity index (χ1n) is 13.8. The van der Waals surface area contributed by atoms with Crippen LogP contribution in [0, 0.1) is 11.6 Å². The molecule has 45 heavy (non-hydrogen) atoms. The van der Waals surface area contributed by atoms with E-state index >= 15 is 4.39 Å². The second-order valence-electron chi connectivity index (χ2n) is 10.5. The summed E-state index contributed by atoms with van der Waals surface area (Å²) in [4.78, 5) is 65.0. The fraction of sp³-hybridized carbons (Fsp3) is 0.161. The van der Waals surface area contributed by atoms with Gasteiger partial charge in [0.25, 0.3) is 17.4 Å². The van der Waals surface area contributed by atoms with E-state index in [0.717, 1.165) is 29.0 Å². The van der Waals surface area contributed by atoms with Gasteiger partial charge in [0.2, 0.25) is 5.78 Å². The third-order valence-electron chi connectivity index (χ3n) is 7.22. The number of amides is 2. The summed E-state index contributed by atoms with van der Waals surface area (Å²) in [6.07, 6.45) is 4.25. The quantitative estimate of drug-likeness (QED) is 0.275. The number of fused-ring (bicyclic) bond motifs is 1. The van der Waals surface area contributed by atoms with Gasteiger partial charge < -0.3 is 15.0 Å². The first kappa shape index (κ1) is 29.2. The van der Waals surface area contributed by atoms with Gasteiger partial charge in [0, 0.05) is 43.0 Å². The molecule has 228 valence electrons. The summed E-state index contributed by atoms with van der Waals surface area (Å²) in [6, 6.07) is 11.0. The number of hydrogen-bond acceptors (Lipinski definition) is 7. The van der Waals surface area contributed by atoms with Gasteiger partial charge in [0.05, 0.1) is 23.8 Å². The van der Waals surface area contributed by atoms with Crippen LogP contribution < -0.4 is 26.2 Å². The van der Waals surface area contributed by atoms with Crippen LogP contribution in [0.25, 0.3) is 11.2 Å². The zero-order valence-corrected chi connectivity index (χ0v) is 23.9. The second-order valence-corrected chi connectivity index (χ2v) is 10.5. The highest BCUT2D eigenvalue weighted by molar-refractivity contribution is 6.43. The molecule has 0 radical (unpaired) electrons. The lowest BCUT2D eigenvalue weighted by atomic mass is 10.2. The van der Waals surface area contributed by atoms with Crippen LogP contribution in [0.3, 0.4) is 0 Å². The van der Waals surface area contributed by atoms with E-state index in [1.807, 2.05) is 0 Å². The Balaban J connectivity index is 1.29. The zero-order valence-electron chi connectivity index (χ0n) is 23.9. The summed E-state index contributed by atoms with van der Waals surface area (Å²) in [5.74, 6) is -3.57. The Hall–Kier alpha value is -5.92. The van der Waals surface area contributed by atoms with Crippen LogP contribution in [0.15, 0.2) is 82.8 Å². The van der Waals surface area contributed by atoms with Crippen LogP contribution in [-0.4, -0.2) is 42.9 Å². The van der Waals surface area contributed by atoms with Crippen LogP contribution in [0.2, 0.25) is 0 Å². The Labute approximate surface area is 252 Å². The number of carbonyl (C=O) groups excluding carboxylic acids is 3. The zero-order chi connectivity index (χ0) is 32.0. The summed E-state index contributed by atoms with van der Waals surface area (Å²) in [5.41, 5.74) is -1.19. The van der Waals surface area contributed by atoms with Crippen LogP contribution in [-0.2, 0) is 9.59 Å². The Bertz CT molecular complexity index is 2130. The molecule has 0 atom stereocenters. The molecular formula is C31H24F2N6O6. The topological polar surface area (TPSA) is 137 Å². The van der Waals surface area contributed by atoms with Crippen molar-refractivity contribution in [3.63, 3.8) is 0 Å². The minimum atomic E-state index is -0.940. The molecule has 0 saturated carbocycles. The molecule has 2 amide bonds. The summed E-state index contributed by atoms with van der Waals surface area (Å²) < 4.78 is 38.0. The number of anilines is 2. The monoisotopic (exact) mass is 614 g/mol. The van der Waals surface area contributed by atoms with E-state index in [0.29, 0.717) is 11.2 Å². The molecule has 0 unspecified atom stereocenters. The lowest BCUT2D eigenvalue weighted by molar-refractivity contribution is -0.133. The molecule has 0 aliphatic carbocycles. The van der Waals surface area contributed by atoms with Gasteiger partial charge in [-0.3, -0.25) is 23.7 Å². The standard InChI is InChI=1S/C31H24F2N6O6/c1-17(2)37-16-22(29(42)39(31(37)44)20-6-3-18(32)4-7-20)28(41)35-19-5-8-26(23(33)13-19)45-27-14-21(15-38-24(27)9-11-34-38)36-12-10-25(40)30(36)43/h3-9,11,13-17H,10,12H2,1-2H3,(H,35,41). The molecule has 1 fully saturated rings. The molecule has 5 aromatic rings. The number of nitrogens with zero attached hydrogens (tertiary/aromatic N) is 5. The number of aromatic nitrogens is 4. The van der Waals surface area contributed by atoms with Gasteiger partial charge in [-0.15, -0.1) is 0 Å². The Kier molecular flexibility index (Phi) is 7.32. The minimum Gasteiger partial charge on any atom is -0.452 e. The molecule has 12 nitrogen and oxygen atoms in total. The Morgan fingerprint density at radius 2 is 1.69 bits per heavy atom. The van der Waals surface area contributed by atoms with Crippen molar-refractivity contribution in [1.82, 2.24) is 18.7 Å². The third kappa shape index (κ3) is 5.37.